The lowest BCUT2D eigenvalue weighted by atomic mass is 9.61. The quantitative estimate of drug-likeness (QED) is 0.828. The van der Waals surface area contributed by atoms with Crippen molar-refractivity contribution in [2.24, 2.45) is 23.0 Å². The Kier molecular flexibility index (Phi) is 5.25. The maximum absolute atomic E-state index is 12.6. The van der Waals surface area contributed by atoms with Crippen LogP contribution in [0.2, 0.25) is 0 Å². The van der Waals surface area contributed by atoms with Gasteiger partial charge in [-0.05, 0) is 52.1 Å². The van der Waals surface area contributed by atoms with Gasteiger partial charge in [0.2, 0.25) is 5.91 Å². The maximum Gasteiger partial charge on any atom is 0.223 e. The Bertz CT molecular complexity index is 350. The first-order chi connectivity index (χ1) is 9.00. The Morgan fingerprint density at radius 2 is 1.90 bits per heavy atom. The number of nitrogens with two attached hydrogens (primary N) is 1. The molecule has 1 amide bonds. The Morgan fingerprint density at radius 1 is 1.35 bits per heavy atom. The van der Waals surface area contributed by atoms with Crippen LogP contribution in [0.3, 0.4) is 0 Å². The molecule has 0 aromatic rings. The predicted molar refractivity (Wildman–Crippen MR) is 84.4 cm³/mol. The molecule has 1 aliphatic rings. The molecule has 1 saturated carbocycles. The number of hydrogen-bond acceptors (Lipinski definition) is 3. The van der Waals surface area contributed by atoms with E-state index < -0.39 is 0 Å². The van der Waals surface area contributed by atoms with E-state index in [4.69, 9.17) is 5.73 Å². The van der Waals surface area contributed by atoms with Crippen molar-refractivity contribution < 1.29 is 4.79 Å². The van der Waals surface area contributed by atoms with Crippen molar-refractivity contribution in [2.75, 3.05) is 20.6 Å². The summed E-state index contributed by atoms with van der Waals surface area (Å²) in [7, 11) is 4.08. The smallest absolute Gasteiger partial charge is 0.223 e. The van der Waals surface area contributed by atoms with E-state index in [0.29, 0.717) is 12.5 Å². The Hall–Kier alpha value is -0.610. The molecule has 20 heavy (non-hydrogen) atoms. The Labute approximate surface area is 124 Å². The van der Waals surface area contributed by atoms with Crippen LogP contribution >= 0.6 is 0 Å². The SMILES string of the molecule is CC1C(N)CCC(C(=O)NCC(C)(C)N(C)C)C1(C)C. The predicted octanol–water partition coefficient (Wildman–Crippen LogP) is 1.84. The summed E-state index contributed by atoms with van der Waals surface area (Å²) in [5.74, 6) is 0.618. The lowest BCUT2D eigenvalue weighted by Gasteiger charge is -2.46. The minimum Gasteiger partial charge on any atom is -0.354 e. The van der Waals surface area contributed by atoms with Gasteiger partial charge >= 0.3 is 0 Å². The fourth-order valence-corrected chi connectivity index (χ4v) is 2.90. The van der Waals surface area contributed by atoms with Gasteiger partial charge in [-0.3, -0.25) is 4.79 Å². The van der Waals surface area contributed by atoms with Gasteiger partial charge in [-0.25, -0.2) is 0 Å². The Balaban J connectivity index is 2.68. The van der Waals surface area contributed by atoms with Gasteiger partial charge in [-0.1, -0.05) is 20.8 Å². The van der Waals surface area contributed by atoms with Crippen molar-refractivity contribution in [3.05, 3.63) is 0 Å². The molecule has 0 radical (unpaired) electrons. The number of hydrogen-bond donors (Lipinski definition) is 2. The first-order valence-electron chi connectivity index (χ1n) is 7.71. The molecule has 4 heteroatoms. The maximum atomic E-state index is 12.6. The van der Waals surface area contributed by atoms with Crippen LogP contribution in [0, 0.1) is 17.3 Å². The van der Waals surface area contributed by atoms with Crippen LogP contribution in [-0.2, 0) is 4.79 Å². The standard InChI is InChI=1S/C16H33N3O/c1-11-13(17)9-8-12(16(11,4)5)14(20)18-10-15(2,3)19(6)7/h11-13H,8-10,17H2,1-7H3,(H,18,20). The van der Waals surface area contributed by atoms with Crippen molar-refractivity contribution in [1.82, 2.24) is 10.2 Å². The minimum atomic E-state index is -0.0377. The largest absolute Gasteiger partial charge is 0.354 e. The molecule has 0 heterocycles. The molecule has 0 bridgehead atoms. The summed E-state index contributed by atoms with van der Waals surface area (Å²) in [6.07, 6.45) is 1.84. The van der Waals surface area contributed by atoms with E-state index in [2.05, 4.69) is 44.8 Å². The molecule has 4 nitrogen and oxygen atoms in total. The highest BCUT2D eigenvalue weighted by Crippen LogP contribution is 2.44. The fourth-order valence-electron chi connectivity index (χ4n) is 2.90. The summed E-state index contributed by atoms with van der Waals surface area (Å²) in [6.45, 7) is 11.5. The average Bonchev–Trinajstić information content (AvgIpc) is 2.33. The first-order valence-corrected chi connectivity index (χ1v) is 7.71. The lowest BCUT2D eigenvalue weighted by molar-refractivity contribution is -0.133. The van der Waals surface area contributed by atoms with Crippen LogP contribution in [0.5, 0.6) is 0 Å². The van der Waals surface area contributed by atoms with E-state index in [1.165, 1.54) is 0 Å². The van der Waals surface area contributed by atoms with Crippen molar-refractivity contribution in [1.29, 1.82) is 0 Å². The molecule has 3 atom stereocenters. The molecule has 118 valence electrons. The summed E-state index contributed by atoms with van der Waals surface area (Å²) < 4.78 is 0. The number of likely N-dealkylation sites (N-methyl/N-ethyl adjacent to an activating group) is 1. The number of amides is 1. The molecule has 3 N–H and O–H groups in total. The van der Waals surface area contributed by atoms with E-state index >= 15 is 0 Å². The van der Waals surface area contributed by atoms with Crippen LogP contribution in [0.25, 0.3) is 0 Å². The minimum absolute atomic E-state index is 0.0313. The third-order valence-electron chi connectivity index (χ3n) is 5.72. The lowest BCUT2D eigenvalue weighted by Crippen LogP contribution is -2.54. The monoisotopic (exact) mass is 283 g/mol. The number of nitrogens with zero attached hydrogens (tertiary/aromatic N) is 1. The fraction of sp³-hybridized carbons (Fsp3) is 0.938. The highest BCUT2D eigenvalue weighted by molar-refractivity contribution is 5.79. The molecule has 1 rings (SSSR count). The van der Waals surface area contributed by atoms with Gasteiger partial charge < -0.3 is 16.0 Å². The molecular weight excluding hydrogens is 250 g/mol. The number of nitrogens with one attached hydrogen (secondary N) is 1. The third kappa shape index (κ3) is 3.53. The number of carbonyl (C=O) groups excluding carboxylic acids is 1. The molecule has 0 aromatic carbocycles. The van der Waals surface area contributed by atoms with Crippen LogP contribution in [0.4, 0.5) is 0 Å². The zero-order valence-electron chi connectivity index (χ0n) is 14.3. The van der Waals surface area contributed by atoms with Gasteiger partial charge in [0.05, 0.1) is 0 Å². The van der Waals surface area contributed by atoms with E-state index in [0.717, 1.165) is 12.8 Å². The van der Waals surface area contributed by atoms with Crippen LogP contribution < -0.4 is 11.1 Å². The summed E-state index contributed by atoms with van der Waals surface area (Å²) in [5.41, 5.74) is 6.09. The van der Waals surface area contributed by atoms with Crippen molar-refractivity contribution in [3.63, 3.8) is 0 Å². The van der Waals surface area contributed by atoms with Crippen LogP contribution in [-0.4, -0.2) is 43.0 Å². The van der Waals surface area contributed by atoms with E-state index in [1.807, 2.05) is 14.1 Å². The van der Waals surface area contributed by atoms with Gasteiger partial charge in [0, 0.05) is 24.0 Å². The topological polar surface area (TPSA) is 58.4 Å². The van der Waals surface area contributed by atoms with Crippen molar-refractivity contribution in [2.45, 2.75) is 59.0 Å². The summed E-state index contributed by atoms with van der Waals surface area (Å²) in [5, 5.41) is 3.14. The summed E-state index contributed by atoms with van der Waals surface area (Å²) >= 11 is 0. The van der Waals surface area contributed by atoms with Gasteiger partial charge in [-0.15, -0.1) is 0 Å². The highest BCUT2D eigenvalue weighted by atomic mass is 16.1. The first kappa shape index (κ1) is 17.4. The average molecular weight is 283 g/mol. The zero-order valence-corrected chi connectivity index (χ0v) is 14.3. The molecule has 1 fully saturated rings. The second-order valence-electron chi connectivity index (χ2n) is 7.83. The van der Waals surface area contributed by atoms with Gasteiger partial charge in [0.25, 0.3) is 0 Å². The summed E-state index contributed by atoms with van der Waals surface area (Å²) in [4.78, 5) is 14.7. The third-order valence-corrected chi connectivity index (χ3v) is 5.72. The highest BCUT2D eigenvalue weighted by Gasteiger charge is 2.45. The van der Waals surface area contributed by atoms with Gasteiger partial charge in [0.1, 0.15) is 0 Å². The molecule has 0 saturated heterocycles. The van der Waals surface area contributed by atoms with Crippen molar-refractivity contribution >= 4 is 5.91 Å². The molecular formula is C16H33N3O. The Morgan fingerprint density at radius 3 is 2.40 bits per heavy atom. The molecule has 1 aliphatic carbocycles. The molecule has 0 aliphatic heterocycles. The zero-order chi connectivity index (χ0) is 15.7. The van der Waals surface area contributed by atoms with E-state index in [-0.39, 0.29) is 28.8 Å². The summed E-state index contributed by atoms with van der Waals surface area (Å²) in [6, 6.07) is 0.215. The second kappa shape index (κ2) is 6.02. The number of carbonyl (C=O) groups is 1. The molecule has 0 spiro atoms. The molecule has 0 aromatic heterocycles. The van der Waals surface area contributed by atoms with Gasteiger partial charge in [-0.2, -0.15) is 0 Å². The van der Waals surface area contributed by atoms with Crippen LogP contribution in [0.15, 0.2) is 0 Å². The van der Waals surface area contributed by atoms with Crippen molar-refractivity contribution in [3.8, 4) is 0 Å². The molecule has 3 unspecified atom stereocenters. The van der Waals surface area contributed by atoms with Gasteiger partial charge in [0.15, 0.2) is 0 Å². The number of rotatable bonds is 4. The normalized spacial score (nSPS) is 30.4. The van der Waals surface area contributed by atoms with E-state index in [9.17, 15) is 4.79 Å². The van der Waals surface area contributed by atoms with E-state index in [1.54, 1.807) is 0 Å². The van der Waals surface area contributed by atoms with Crippen LogP contribution in [0.1, 0.15) is 47.5 Å². The second-order valence-corrected chi connectivity index (χ2v) is 7.83.